The van der Waals surface area contributed by atoms with Crippen LogP contribution in [-0.4, -0.2) is 15.5 Å². The minimum absolute atomic E-state index is 0.0893. The first kappa shape index (κ1) is 11.1. The molecule has 78 valence electrons. The van der Waals surface area contributed by atoms with Crippen LogP contribution in [0, 0.1) is 0 Å². The maximum absolute atomic E-state index is 10.7. The molecule has 0 heterocycles. The van der Waals surface area contributed by atoms with E-state index in [-0.39, 0.29) is 5.75 Å². The number of halogens is 1. The molecule has 7 heteroatoms. The number of methoxy groups -OCH3 is 1. The van der Waals surface area contributed by atoms with Crippen molar-refractivity contribution < 1.29 is 21.1 Å². The summed E-state index contributed by atoms with van der Waals surface area (Å²) < 4.78 is 34.3. The second kappa shape index (κ2) is 4.50. The number of hydrogen-bond donors (Lipinski definition) is 0. The lowest BCUT2D eigenvalue weighted by molar-refractivity contribution is 0.402. The van der Waals surface area contributed by atoms with Gasteiger partial charge in [0, 0.05) is 0 Å². The van der Waals surface area contributed by atoms with Crippen LogP contribution in [0.25, 0.3) is 0 Å². The molecule has 1 aromatic rings. The zero-order valence-corrected chi connectivity index (χ0v) is 8.71. The Morgan fingerprint density at radius 2 is 1.64 bits per heavy atom. The molecule has 0 fully saturated rings. The Morgan fingerprint density at radius 3 is 2.07 bits per heavy atom. The Kier molecular flexibility index (Phi) is 3.56. The molecule has 0 saturated carbocycles. The predicted octanol–water partition coefficient (Wildman–Crippen LogP) is 1.49. The van der Waals surface area contributed by atoms with Gasteiger partial charge in [-0.25, -0.2) is 0 Å². The lowest BCUT2D eigenvalue weighted by Crippen LogP contribution is -2.07. The monoisotopic (exact) mass is 238 g/mol. The van der Waals surface area contributed by atoms with Crippen molar-refractivity contribution >= 4 is 22.3 Å². The molecule has 0 amide bonds. The number of ether oxygens (including phenoxy) is 1. The molecule has 0 bridgehead atoms. The minimum atomic E-state index is -4.17. The molecule has 5 nitrogen and oxygen atoms in total. The van der Waals surface area contributed by atoms with E-state index in [1.54, 1.807) is 12.1 Å². The van der Waals surface area contributed by atoms with Crippen molar-refractivity contribution in [3.8, 4) is 11.5 Å². The van der Waals surface area contributed by atoms with Crippen molar-refractivity contribution in [3.05, 3.63) is 24.3 Å². The fourth-order valence-corrected chi connectivity index (χ4v) is 1.21. The van der Waals surface area contributed by atoms with Gasteiger partial charge in [-0.3, -0.25) is 0 Å². The van der Waals surface area contributed by atoms with Crippen LogP contribution in [0.4, 0.5) is 0 Å². The van der Waals surface area contributed by atoms with E-state index in [0.717, 1.165) is 0 Å². The lowest BCUT2D eigenvalue weighted by atomic mass is 10.3. The van der Waals surface area contributed by atoms with Crippen LogP contribution in [0.5, 0.6) is 11.5 Å². The third kappa shape index (κ3) is 3.06. The van der Waals surface area contributed by atoms with Crippen molar-refractivity contribution in [2.75, 3.05) is 7.11 Å². The highest BCUT2D eigenvalue weighted by molar-refractivity contribution is 7.82. The van der Waals surface area contributed by atoms with Crippen LogP contribution in [0.15, 0.2) is 24.3 Å². The molecule has 0 saturated heterocycles. The standard InChI is InChI=1S/C7H7ClO5S/c1-11-6-2-4-7(5-3-6)12-14(9,10)13-8/h2-5H,1H3. The molecule has 1 aromatic carbocycles. The van der Waals surface area contributed by atoms with Gasteiger partial charge >= 0.3 is 10.4 Å². The zero-order chi connectivity index (χ0) is 10.6. The summed E-state index contributed by atoms with van der Waals surface area (Å²) in [7, 11) is -2.67. The molecule has 14 heavy (non-hydrogen) atoms. The van der Waals surface area contributed by atoms with Crippen molar-refractivity contribution in [2.45, 2.75) is 0 Å². The van der Waals surface area contributed by atoms with Gasteiger partial charge in [-0.2, -0.15) is 8.42 Å². The highest BCUT2D eigenvalue weighted by Crippen LogP contribution is 2.19. The Bertz CT molecular complexity index is 385. The first-order valence-corrected chi connectivity index (χ1v) is 5.10. The van der Waals surface area contributed by atoms with Gasteiger partial charge in [0.1, 0.15) is 11.5 Å². The lowest BCUT2D eigenvalue weighted by Gasteiger charge is -2.03. The number of rotatable bonds is 4. The average Bonchev–Trinajstić information content (AvgIpc) is 2.19. The second-order valence-corrected chi connectivity index (χ2v) is 3.72. The van der Waals surface area contributed by atoms with Crippen LogP contribution < -0.4 is 8.92 Å². The summed E-state index contributed by atoms with van der Waals surface area (Å²) >= 11 is 4.66. The Morgan fingerprint density at radius 1 is 1.14 bits per heavy atom. The van der Waals surface area contributed by atoms with Crippen molar-refractivity contribution in [3.63, 3.8) is 0 Å². The van der Waals surface area contributed by atoms with E-state index >= 15 is 0 Å². The summed E-state index contributed by atoms with van der Waals surface area (Å²) in [5.74, 6) is 0.674. The van der Waals surface area contributed by atoms with Crippen molar-refractivity contribution in [1.29, 1.82) is 0 Å². The van der Waals surface area contributed by atoms with E-state index in [4.69, 9.17) is 4.74 Å². The average molecular weight is 239 g/mol. The van der Waals surface area contributed by atoms with E-state index in [2.05, 4.69) is 19.8 Å². The van der Waals surface area contributed by atoms with E-state index < -0.39 is 10.4 Å². The molecule has 1 rings (SSSR count). The zero-order valence-electron chi connectivity index (χ0n) is 7.14. The summed E-state index contributed by atoms with van der Waals surface area (Å²) in [5, 5.41) is 0. The van der Waals surface area contributed by atoms with Crippen molar-refractivity contribution in [2.24, 2.45) is 0 Å². The molecule has 0 aromatic heterocycles. The van der Waals surface area contributed by atoms with E-state index in [1.165, 1.54) is 19.2 Å². The van der Waals surface area contributed by atoms with Crippen LogP contribution in [0.3, 0.4) is 0 Å². The predicted molar refractivity (Wildman–Crippen MR) is 49.5 cm³/mol. The summed E-state index contributed by atoms with van der Waals surface area (Å²) in [6.07, 6.45) is 0. The van der Waals surface area contributed by atoms with Gasteiger partial charge in [0.25, 0.3) is 0 Å². The van der Waals surface area contributed by atoms with Gasteiger partial charge in [0.15, 0.2) is 0 Å². The van der Waals surface area contributed by atoms with E-state index in [1.807, 2.05) is 0 Å². The molecular weight excluding hydrogens is 232 g/mol. The Labute approximate surface area is 86.7 Å². The van der Waals surface area contributed by atoms with Crippen LogP contribution in [0.1, 0.15) is 0 Å². The quantitative estimate of drug-likeness (QED) is 0.795. The molecule has 0 atom stereocenters. The minimum Gasteiger partial charge on any atom is -0.497 e. The van der Waals surface area contributed by atoms with Gasteiger partial charge in [-0.15, -0.1) is 3.74 Å². The van der Waals surface area contributed by atoms with Gasteiger partial charge in [0.05, 0.1) is 19.0 Å². The fraction of sp³-hybridized carbons (Fsp3) is 0.143. The summed E-state index contributed by atoms with van der Waals surface area (Å²) in [4.78, 5) is 0. The van der Waals surface area contributed by atoms with Crippen LogP contribution in [-0.2, 0) is 14.1 Å². The largest absolute Gasteiger partial charge is 0.497 e. The first-order chi connectivity index (χ1) is 6.57. The van der Waals surface area contributed by atoms with E-state index in [9.17, 15) is 8.42 Å². The number of hydrogen-bond acceptors (Lipinski definition) is 5. The maximum Gasteiger partial charge on any atom is 0.465 e. The second-order valence-electron chi connectivity index (χ2n) is 2.23. The van der Waals surface area contributed by atoms with Gasteiger partial charge in [-0.1, -0.05) is 0 Å². The van der Waals surface area contributed by atoms with Crippen molar-refractivity contribution in [1.82, 2.24) is 0 Å². The smallest absolute Gasteiger partial charge is 0.465 e. The van der Waals surface area contributed by atoms with Gasteiger partial charge in [0.2, 0.25) is 0 Å². The Hall–Kier alpha value is -0.980. The number of benzene rings is 1. The normalized spacial score (nSPS) is 11.0. The third-order valence-electron chi connectivity index (χ3n) is 1.33. The van der Waals surface area contributed by atoms with E-state index in [0.29, 0.717) is 5.75 Å². The SMILES string of the molecule is COc1ccc(OS(=O)(=O)OCl)cc1. The molecule has 0 aliphatic rings. The summed E-state index contributed by atoms with van der Waals surface area (Å²) in [6, 6.07) is 5.90. The maximum atomic E-state index is 10.7. The summed E-state index contributed by atoms with van der Waals surface area (Å²) in [5.41, 5.74) is 0. The fourth-order valence-electron chi connectivity index (χ4n) is 0.762. The van der Waals surface area contributed by atoms with Crippen LogP contribution >= 0.6 is 11.9 Å². The molecule has 0 aliphatic carbocycles. The highest BCUT2D eigenvalue weighted by Gasteiger charge is 2.12. The van der Waals surface area contributed by atoms with Gasteiger partial charge < -0.3 is 8.92 Å². The molecule has 0 spiro atoms. The topological polar surface area (TPSA) is 61.8 Å². The first-order valence-electron chi connectivity index (χ1n) is 3.46. The molecule has 0 radical (unpaired) electrons. The Balaban J connectivity index is 2.79. The van der Waals surface area contributed by atoms with Gasteiger partial charge in [-0.05, 0) is 24.3 Å². The molecular formula is C7H7ClO5S. The summed E-state index contributed by atoms with van der Waals surface area (Å²) in [6.45, 7) is 0. The molecule has 0 aliphatic heterocycles. The highest BCUT2D eigenvalue weighted by atomic mass is 35.5. The third-order valence-corrected chi connectivity index (χ3v) is 2.35. The molecule has 0 unspecified atom stereocenters. The molecule has 0 N–H and O–H groups in total. The van der Waals surface area contributed by atoms with Crippen LogP contribution in [0.2, 0.25) is 0 Å².